The summed E-state index contributed by atoms with van der Waals surface area (Å²) in [5, 5.41) is 0.654. The van der Waals surface area contributed by atoms with Gasteiger partial charge >= 0.3 is 0 Å². The topological polar surface area (TPSA) is 91.0 Å². The van der Waals surface area contributed by atoms with Gasteiger partial charge in [-0.15, -0.1) is 0 Å². The third-order valence-electron chi connectivity index (χ3n) is 6.46. The smallest absolute Gasteiger partial charge is 0.274 e. The minimum absolute atomic E-state index is 0.125. The molecular weight excluding hydrogens is 456 g/mol. The van der Waals surface area contributed by atoms with Gasteiger partial charge in [0, 0.05) is 73.4 Å². The van der Waals surface area contributed by atoms with Gasteiger partial charge in [0.15, 0.2) is 5.75 Å². The molecule has 0 spiro atoms. The molecule has 0 amide bonds. The molecule has 0 atom stereocenters. The van der Waals surface area contributed by atoms with Gasteiger partial charge < -0.3 is 23.4 Å². The van der Waals surface area contributed by atoms with E-state index in [9.17, 15) is 14.4 Å². The quantitative estimate of drug-likeness (QED) is 0.419. The molecule has 0 saturated heterocycles. The third-order valence-corrected chi connectivity index (χ3v) is 6.46. The lowest BCUT2D eigenvalue weighted by Gasteiger charge is -2.17. The van der Waals surface area contributed by atoms with E-state index in [1.807, 2.05) is 38.1 Å². The van der Waals surface area contributed by atoms with Crippen molar-refractivity contribution >= 4 is 10.9 Å². The predicted octanol–water partition coefficient (Wildman–Crippen LogP) is 4.01. The van der Waals surface area contributed by atoms with E-state index in [2.05, 4.69) is 4.98 Å². The van der Waals surface area contributed by atoms with E-state index >= 15 is 0 Å². The third kappa shape index (κ3) is 3.86. The zero-order valence-electron chi connectivity index (χ0n) is 20.7. The molecule has 0 radical (unpaired) electrons. The SMILES string of the molecule is Cc1cccc(C)c1Oc1cn(C)c(=O)cc1-c1cn(C)c(=O)c2[nH]c(-c3ccc(=O)n(C)c3)cc12. The Labute approximate surface area is 206 Å². The molecule has 5 aromatic rings. The molecule has 0 aliphatic carbocycles. The summed E-state index contributed by atoms with van der Waals surface area (Å²) in [6.45, 7) is 3.94. The lowest BCUT2D eigenvalue weighted by Crippen LogP contribution is -2.18. The molecular formula is C28H26N4O4. The van der Waals surface area contributed by atoms with Crippen molar-refractivity contribution in [2.45, 2.75) is 13.8 Å². The minimum Gasteiger partial charge on any atom is -0.455 e. The Balaban J connectivity index is 1.77. The number of nitrogens with one attached hydrogen (secondary N) is 1. The number of hydrogen-bond donors (Lipinski definition) is 1. The Morgan fingerprint density at radius 2 is 1.44 bits per heavy atom. The van der Waals surface area contributed by atoms with Gasteiger partial charge in [0.25, 0.3) is 11.1 Å². The van der Waals surface area contributed by atoms with Crippen LogP contribution in [0.4, 0.5) is 0 Å². The fourth-order valence-electron chi connectivity index (χ4n) is 4.42. The highest BCUT2D eigenvalue weighted by molar-refractivity contribution is 5.98. The average Bonchev–Trinajstić information content (AvgIpc) is 3.28. The molecule has 0 aliphatic rings. The molecule has 0 fully saturated rings. The second kappa shape index (κ2) is 8.57. The highest BCUT2D eigenvalue weighted by Gasteiger charge is 2.19. The van der Waals surface area contributed by atoms with Crippen LogP contribution in [-0.2, 0) is 21.1 Å². The predicted molar refractivity (Wildman–Crippen MR) is 141 cm³/mol. The zero-order chi connectivity index (χ0) is 25.7. The summed E-state index contributed by atoms with van der Waals surface area (Å²) in [4.78, 5) is 40.9. The molecule has 36 heavy (non-hydrogen) atoms. The molecule has 1 aromatic carbocycles. The summed E-state index contributed by atoms with van der Waals surface area (Å²) in [6.07, 6.45) is 5.10. The van der Waals surface area contributed by atoms with Crippen LogP contribution in [0.2, 0.25) is 0 Å². The average molecular weight is 483 g/mol. The molecule has 8 nitrogen and oxygen atoms in total. The van der Waals surface area contributed by atoms with E-state index in [-0.39, 0.29) is 16.7 Å². The molecule has 0 bridgehead atoms. The lowest BCUT2D eigenvalue weighted by atomic mass is 10.0. The number of ether oxygens (including phenoxy) is 1. The summed E-state index contributed by atoms with van der Waals surface area (Å²) in [5.41, 5.74) is 4.52. The van der Waals surface area contributed by atoms with Gasteiger partial charge in [-0.05, 0) is 37.1 Å². The van der Waals surface area contributed by atoms with Crippen LogP contribution in [0, 0.1) is 13.8 Å². The van der Waals surface area contributed by atoms with Gasteiger partial charge in [-0.1, -0.05) is 18.2 Å². The minimum atomic E-state index is -0.203. The van der Waals surface area contributed by atoms with Crippen LogP contribution >= 0.6 is 0 Å². The molecule has 0 saturated carbocycles. The largest absolute Gasteiger partial charge is 0.455 e. The lowest BCUT2D eigenvalue weighted by molar-refractivity contribution is 0.470. The fraction of sp³-hybridized carbons (Fsp3) is 0.179. The second-order valence-corrected chi connectivity index (χ2v) is 9.12. The number of nitrogens with zero attached hydrogens (tertiary/aromatic N) is 3. The van der Waals surface area contributed by atoms with Gasteiger partial charge in [0.05, 0.1) is 6.20 Å². The highest BCUT2D eigenvalue weighted by Crippen LogP contribution is 2.38. The molecule has 1 N–H and O–H groups in total. The van der Waals surface area contributed by atoms with Gasteiger partial charge in [0.1, 0.15) is 11.3 Å². The summed E-state index contributed by atoms with van der Waals surface area (Å²) in [6, 6.07) is 12.5. The maximum absolute atomic E-state index is 13.0. The standard InChI is InChI=1S/C28H26N4O4/c1-16-7-6-8-17(2)27(16)36-23-15-31(4)25(34)12-19(23)21-14-32(5)28(35)26-20(21)11-22(29-26)18-9-10-24(33)30(3)13-18/h6-15,29H,1-5H3. The van der Waals surface area contributed by atoms with Crippen molar-refractivity contribution in [1.29, 1.82) is 0 Å². The first-order valence-electron chi connectivity index (χ1n) is 11.5. The number of para-hydroxylation sites is 1. The van der Waals surface area contributed by atoms with E-state index in [1.54, 1.807) is 45.8 Å². The van der Waals surface area contributed by atoms with Crippen molar-refractivity contribution in [2.24, 2.45) is 21.1 Å². The summed E-state index contributed by atoms with van der Waals surface area (Å²) >= 11 is 0. The molecule has 182 valence electrons. The summed E-state index contributed by atoms with van der Waals surface area (Å²) in [7, 11) is 5.02. The van der Waals surface area contributed by atoms with Gasteiger partial charge in [-0.2, -0.15) is 0 Å². The first-order chi connectivity index (χ1) is 17.1. The van der Waals surface area contributed by atoms with E-state index < -0.39 is 0 Å². The Morgan fingerprint density at radius 3 is 2.14 bits per heavy atom. The number of hydrogen-bond acceptors (Lipinski definition) is 4. The molecule has 4 aromatic heterocycles. The van der Waals surface area contributed by atoms with Gasteiger partial charge in [-0.25, -0.2) is 0 Å². The molecule has 0 aliphatic heterocycles. The van der Waals surface area contributed by atoms with Gasteiger partial charge in [0.2, 0.25) is 5.56 Å². The number of H-pyrrole nitrogens is 1. The Bertz CT molecular complexity index is 1820. The van der Waals surface area contributed by atoms with E-state index in [0.29, 0.717) is 33.5 Å². The number of aryl methyl sites for hydroxylation is 5. The Kier molecular flexibility index (Phi) is 5.51. The number of fused-ring (bicyclic) bond motifs is 1. The normalized spacial score (nSPS) is 11.2. The van der Waals surface area contributed by atoms with Crippen molar-refractivity contribution in [1.82, 2.24) is 18.7 Å². The Morgan fingerprint density at radius 1 is 0.750 bits per heavy atom. The summed E-state index contributed by atoms with van der Waals surface area (Å²) in [5.74, 6) is 1.22. The monoisotopic (exact) mass is 482 g/mol. The van der Waals surface area contributed by atoms with Crippen molar-refractivity contribution in [3.8, 4) is 33.9 Å². The van der Waals surface area contributed by atoms with Crippen molar-refractivity contribution < 1.29 is 4.74 Å². The number of aromatic nitrogens is 4. The Hall–Kier alpha value is -4.59. The number of benzene rings is 1. The first-order valence-corrected chi connectivity index (χ1v) is 11.5. The van der Waals surface area contributed by atoms with Crippen molar-refractivity contribution in [3.63, 3.8) is 0 Å². The maximum Gasteiger partial charge on any atom is 0.274 e. The summed E-state index contributed by atoms with van der Waals surface area (Å²) < 4.78 is 10.8. The highest BCUT2D eigenvalue weighted by atomic mass is 16.5. The van der Waals surface area contributed by atoms with Crippen LogP contribution in [0.15, 0.2) is 75.4 Å². The van der Waals surface area contributed by atoms with Gasteiger partial charge in [-0.3, -0.25) is 14.4 Å². The van der Waals surface area contributed by atoms with Crippen LogP contribution in [0.3, 0.4) is 0 Å². The second-order valence-electron chi connectivity index (χ2n) is 9.12. The zero-order valence-corrected chi connectivity index (χ0v) is 20.7. The van der Waals surface area contributed by atoms with Crippen molar-refractivity contribution in [3.05, 3.63) is 103 Å². The fourth-order valence-corrected chi connectivity index (χ4v) is 4.42. The number of rotatable bonds is 4. The van der Waals surface area contributed by atoms with Crippen molar-refractivity contribution in [2.75, 3.05) is 0 Å². The molecule has 0 unspecified atom stereocenters. The molecule has 5 rings (SSSR count). The molecule has 4 heterocycles. The van der Waals surface area contributed by atoms with Crippen LogP contribution in [0.25, 0.3) is 33.3 Å². The number of aromatic amines is 1. The van der Waals surface area contributed by atoms with Crippen LogP contribution in [0.5, 0.6) is 11.5 Å². The van der Waals surface area contributed by atoms with E-state index in [0.717, 1.165) is 22.4 Å². The van der Waals surface area contributed by atoms with Crippen LogP contribution in [0.1, 0.15) is 11.1 Å². The number of pyridine rings is 3. The maximum atomic E-state index is 13.0. The first kappa shape index (κ1) is 23.2. The van der Waals surface area contributed by atoms with Crippen LogP contribution < -0.4 is 21.4 Å². The van der Waals surface area contributed by atoms with E-state index in [1.165, 1.54) is 25.8 Å². The molecule has 8 heteroatoms. The van der Waals surface area contributed by atoms with E-state index in [4.69, 9.17) is 4.74 Å². The van der Waals surface area contributed by atoms with Crippen LogP contribution in [-0.4, -0.2) is 18.7 Å².